The molecule has 0 saturated carbocycles. The standard InChI is InChI=1S/C15H14N2O5S2/c16-12(19)6-5-10(14(21)22)17-13(20)11(24-15(17)23)7-8-1-3-9(18)4-2-8/h1-4,7,10,18H,5-6H2,(H2,16,19)(H,21,22)/b11-7-. The van der Waals surface area contributed by atoms with E-state index in [2.05, 4.69) is 0 Å². The molecule has 1 atom stereocenters. The average molecular weight is 366 g/mol. The second kappa shape index (κ2) is 7.45. The lowest BCUT2D eigenvalue weighted by Crippen LogP contribution is -2.44. The molecule has 1 aromatic carbocycles. The lowest BCUT2D eigenvalue weighted by atomic mass is 10.1. The quantitative estimate of drug-likeness (QED) is 0.513. The largest absolute Gasteiger partial charge is 0.508 e. The number of primary amides is 1. The smallest absolute Gasteiger partial charge is 0.326 e. The molecule has 24 heavy (non-hydrogen) atoms. The van der Waals surface area contributed by atoms with Crippen LogP contribution in [0.2, 0.25) is 0 Å². The summed E-state index contributed by atoms with van der Waals surface area (Å²) in [4.78, 5) is 36.1. The molecule has 1 aliphatic rings. The van der Waals surface area contributed by atoms with Gasteiger partial charge in [-0.1, -0.05) is 36.1 Å². The van der Waals surface area contributed by atoms with Gasteiger partial charge in [-0.15, -0.1) is 0 Å². The summed E-state index contributed by atoms with van der Waals surface area (Å²) in [6.07, 6.45) is 1.29. The molecule has 4 N–H and O–H groups in total. The zero-order valence-electron chi connectivity index (χ0n) is 12.3. The molecule has 1 heterocycles. The Labute approximate surface area is 147 Å². The SMILES string of the molecule is NC(=O)CCC(C(=O)O)N1C(=O)/C(=C/c2ccc(O)cc2)SC1=S. The van der Waals surface area contributed by atoms with Crippen molar-refractivity contribution in [3.05, 3.63) is 34.7 Å². The van der Waals surface area contributed by atoms with E-state index in [1.807, 2.05) is 0 Å². The Balaban J connectivity index is 2.24. The van der Waals surface area contributed by atoms with Crippen molar-refractivity contribution in [1.29, 1.82) is 0 Å². The Bertz CT molecular complexity index is 730. The fraction of sp³-hybridized carbons (Fsp3) is 0.200. The number of carboxylic acid groups (broad SMARTS) is 1. The molecule has 2 amide bonds. The number of aliphatic carboxylic acids is 1. The Morgan fingerprint density at radius 2 is 1.96 bits per heavy atom. The Hall–Kier alpha value is -2.39. The first-order valence-corrected chi connectivity index (χ1v) is 8.09. The lowest BCUT2D eigenvalue weighted by molar-refractivity contribution is -0.145. The number of carbonyl (C=O) groups excluding carboxylic acids is 2. The molecular formula is C15H14N2O5S2. The van der Waals surface area contributed by atoms with E-state index >= 15 is 0 Å². The third-order valence-corrected chi connectivity index (χ3v) is 4.61. The number of carbonyl (C=O) groups is 3. The van der Waals surface area contributed by atoms with Crippen molar-refractivity contribution in [1.82, 2.24) is 4.90 Å². The van der Waals surface area contributed by atoms with Crippen LogP contribution in [0.4, 0.5) is 0 Å². The Morgan fingerprint density at radius 1 is 1.33 bits per heavy atom. The summed E-state index contributed by atoms with van der Waals surface area (Å²) in [6.45, 7) is 0. The molecule has 1 aliphatic heterocycles. The summed E-state index contributed by atoms with van der Waals surface area (Å²) in [5.74, 6) is -2.34. The maximum absolute atomic E-state index is 12.5. The van der Waals surface area contributed by atoms with Crippen LogP contribution in [0.3, 0.4) is 0 Å². The molecule has 1 fully saturated rings. The minimum atomic E-state index is -1.25. The number of benzene rings is 1. The van der Waals surface area contributed by atoms with Gasteiger partial charge in [-0.3, -0.25) is 14.5 Å². The van der Waals surface area contributed by atoms with Crippen molar-refractivity contribution in [2.75, 3.05) is 0 Å². The molecule has 9 heteroatoms. The molecule has 0 radical (unpaired) electrons. The van der Waals surface area contributed by atoms with Gasteiger partial charge in [0, 0.05) is 6.42 Å². The predicted octanol–water partition coefficient (Wildman–Crippen LogP) is 1.31. The first kappa shape index (κ1) is 18.0. The molecule has 0 spiro atoms. The minimum Gasteiger partial charge on any atom is -0.508 e. The van der Waals surface area contributed by atoms with Gasteiger partial charge in [0.15, 0.2) is 0 Å². The zero-order valence-corrected chi connectivity index (χ0v) is 14.0. The van der Waals surface area contributed by atoms with E-state index in [-0.39, 0.29) is 27.8 Å². The van der Waals surface area contributed by atoms with E-state index in [0.29, 0.717) is 5.56 Å². The number of carboxylic acids is 1. The summed E-state index contributed by atoms with van der Waals surface area (Å²) < 4.78 is 0.113. The van der Waals surface area contributed by atoms with Crippen LogP contribution >= 0.6 is 24.0 Å². The number of hydrogen-bond acceptors (Lipinski definition) is 6. The van der Waals surface area contributed by atoms with Crippen molar-refractivity contribution in [2.45, 2.75) is 18.9 Å². The predicted molar refractivity (Wildman–Crippen MR) is 93.0 cm³/mol. The van der Waals surface area contributed by atoms with Gasteiger partial charge in [0.25, 0.3) is 5.91 Å². The molecule has 0 aliphatic carbocycles. The van der Waals surface area contributed by atoms with Crippen LogP contribution < -0.4 is 5.73 Å². The molecule has 1 saturated heterocycles. The number of rotatable bonds is 6. The normalized spacial score (nSPS) is 17.3. The average Bonchev–Trinajstić information content (AvgIpc) is 2.77. The van der Waals surface area contributed by atoms with Gasteiger partial charge < -0.3 is 15.9 Å². The Morgan fingerprint density at radius 3 is 2.50 bits per heavy atom. The summed E-state index contributed by atoms with van der Waals surface area (Å²) in [7, 11) is 0. The monoisotopic (exact) mass is 366 g/mol. The van der Waals surface area contributed by atoms with Crippen molar-refractivity contribution < 1.29 is 24.6 Å². The van der Waals surface area contributed by atoms with Gasteiger partial charge in [-0.2, -0.15) is 0 Å². The highest BCUT2D eigenvalue weighted by Crippen LogP contribution is 2.35. The molecule has 0 aromatic heterocycles. The number of phenolic OH excluding ortho intramolecular Hbond substituents is 1. The highest BCUT2D eigenvalue weighted by Gasteiger charge is 2.40. The summed E-state index contributed by atoms with van der Waals surface area (Å²) >= 11 is 6.10. The summed E-state index contributed by atoms with van der Waals surface area (Å²) in [5.41, 5.74) is 5.71. The maximum atomic E-state index is 12.5. The van der Waals surface area contributed by atoms with Crippen LogP contribution in [0, 0.1) is 0 Å². The van der Waals surface area contributed by atoms with E-state index in [4.69, 9.17) is 18.0 Å². The third kappa shape index (κ3) is 4.12. The van der Waals surface area contributed by atoms with Crippen LogP contribution in [0.5, 0.6) is 5.75 Å². The van der Waals surface area contributed by atoms with Crippen molar-refractivity contribution >= 4 is 52.2 Å². The number of thioether (sulfide) groups is 1. The van der Waals surface area contributed by atoms with Gasteiger partial charge in [-0.25, -0.2) is 4.79 Å². The van der Waals surface area contributed by atoms with Crippen LogP contribution in [-0.4, -0.2) is 43.3 Å². The maximum Gasteiger partial charge on any atom is 0.326 e. The van der Waals surface area contributed by atoms with E-state index in [0.717, 1.165) is 16.7 Å². The number of hydrogen-bond donors (Lipinski definition) is 3. The zero-order chi connectivity index (χ0) is 17.9. The van der Waals surface area contributed by atoms with Crippen molar-refractivity contribution in [3.8, 4) is 5.75 Å². The Kier molecular flexibility index (Phi) is 5.58. The fourth-order valence-corrected chi connectivity index (χ4v) is 3.47. The molecule has 126 valence electrons. The number of nitrogens with zero attached hydrogens (tertiary/aromatic N) is 1. The molecule has 7 nitrogen and oxygen atoms in total. The number of phenols is 1. The topological polar surface area (TPSA) is 121 Å². The van der Waals surface area contributed by atoms with Crippen molar-refractivity contribution in [2.24, 2.45) is 5.73 Å². The van der Waals surface area contributed by atoms with Gasteiger partial charge in [-0.05, 0) is 30.2 Å². The molecule has 2 rings (SSSR count). The van der Waals surface area contributed by atoms with Gasteiger partial charge >= 0.3 is 5.97 Å². The minimum absolute atomic E-state index is 0.0945. The van der Waals surface area contributed by atoms with Crippen LogP contribution in [0.25, 0.3) is 6.08 Å². The lowest BCUT2D eigenvalue weighted by Gasteiger charge is -2.22. The van der Waals surface area contributed by atoms with Gasteiger partial charge in [0.05, 0.1) is 4.91 Å². The number of nitrogens with two attached hydrogens (primary N) is 1. The van der Waals surface area contributed by atoms with Gasteiger partial charge in [0.2, 0.25) is 5.91 Å². The first-order chi connectivity index (χ1) is 11.3. The van der Waals surface area contributed by atoms with Crippen molar-refractivity contribution in [3.63, 3.8) is 0 Å². The highest BCUT2D eigenvalue weighted by atomic mass is 32.2. The van der Waals surface area contributed by atoms with Crippen LogP contribution in [0.1, 0.15) is 18.4 Å². The van der Waals surface area contributed by atoms with Crippen LogP contribution in [-0.2, 0) is 14.4 Å². The van der Waals surface area contributed by atoms with Gasteiger partial charge in [0.1, 0.15) is 16.1 Å². The number of amides is 2. The molecule has 1 unspecified atom stereocenters. The molecular weight excluding hydrogens is 352 g/mol. The fourth-order valence-electron chi connectivity index (χ4n) is 2.11. The number of thiocarbonyl (C=S) groups is 1. The second-order valence-electron chi connectivity index (χ2n) is 5.00. The van der Waals surface area contributed by atoms with E-state index < -0.39 is 23.8 Å². The third-order valence-electron chi connectivity index (χ3n) is 3.28. The molecule has 1 aromatic rings. The summed E-state index contributed by atoms with van der Waals surface area (Å²) in [6, 6.07) is 4.93. The number of aromatic hydroxyl groups is 1. The first-order valence-electron chi connectivity index (χ1n) is 6.87. The second-order valence-corrected chi connectivity index (χ2v) is 6.68. The summed E-state index contributed by atoms with van der Waals surface area (Å²) in [5, 5.41) is 18.6. The van der Waals surface area contributed by atoms with E-state index in [1.54, 1.807) is 18.2 Å². The van der Waals surface area contributed by atoms with Crippen LogP contribution in [0.15, 0.2) is 29.2 Å². The highest BCUT2D eigenvalue weighted by molar-refractivity contribution is 8.26. The van der Waals surface area contributed by atoms with E-state index in [9.17, 15) is 24.6 Å². The molecule has 0 bridgehead atoms. The van der Waals surface area contributed by atoms with E-state index in [1.165, 1.54) is 12.1 Å².